The van der Waals surface area contributed by atoms with Gasteiger partial charge in [-0.25, -0.2) is 0 Å². The van der Waals surface area contributed by atoms with Crippen LogP contribution in [0.5, 0.6) is 0 Å². The smallest absolute Gasteiger partial charge is 0.318 e. The highest BCUT2D eigenvalue weighted by atomic mass is 32.2. The minimum Gasteiger partial charge on any atom is -0.480 e. The average molecular weight is 456 g/mol. The number of nitro groups is 1. The van der Waals surface area contributed by atoms with Gasteiger partial charge in [-0.1, -0.05) is 11.8 Å². The van der Waals surface area contributed by atoms with E-state index in [-0.39, 0.29) is 11.1 Å². The van der Waals surface area contributed by atoms with E-state index in [1.807, 2.05) is 31.2 Å². The minimum atomic E-state index is -0.782. The number of nitrogens with one attached hydrogen (secondary N) is 1. The van der Waals surface area contributed by atoms with Gasteiger partial charge < -0.3 is 9.67 Å². The first-order valence-electron chi connectivity index (χ1n) is 9.66. The number of thioether (sulfide) groups is 1. The number of nitrogens with zero attached hydrogens (tertiary/aromatic N) is 2. The zero-order chi connectivity index (χ0) is 22.1. The summed E-state index contributed by atoms with van der Waals surface area (Å²) in [5.74, 6) is -0.782. The molecule has 1 aliphatic heterocycles. The van der Waals surface area contributed by atoms with Gasteiger partial charge in [0.15, 0.2) is 0 Å². The summed E-state index contributed by atoms with van der Waals surface area (Å²) < 4.78 is 2.17. The summed E-state index contributed by atoms with van der Waals surface area (Å²) in [4.78, 5) is 23.6. The van der Waals surface area contributed by atoms with Gasteiger partial charge in [0, 0.05) is 51.1 Å². The molecule has 0 saturated carbocycles. The van der Waals surface area contributed by atoms with Crippen molar-refractivity contribution in [2.75, 3.05) is 6.54 Å². The highest BCUT2D eigenvalue weighted by Gasteiger charge is 2.32. The highest BCUT2D eigenvalue weighted by Crippen LogP contribution is 2.38. The number of hydrogen-bond acceptors (Lipinski definition) is 6. The van der Waals surface area contributed by atoms with E-state index in [0.717, 1.165) is 32.4 Å². The Balaban J connectivity index is 1.52. The van der Waals surface area contributed by atoms with Crippen molar-refractivity contribution >= 4 is 35.2 Å². The second-order valence-corrected chi connectivity index (χ2v) is 9.72. The third-order valence-corrected chi connectivity index (χ3v) is 7.60. The number of aromatic nitrogens is 1. The van der Waals surface area contributed by atoms with E-state index < -0.39 is 16.1 Å². The van der Waals surface area contributed by atoms with Gasteiger partial charge in [-0.3, -0.25) is 20.2 Å². The maximum absolute atomic E-state index is 11.3. The molecule has 31 heavy (non-hydrogen) atoms. The molecule has 0 aliphatic carbocycles. The van der Waals surface area contributed by atoms with E-state index in [0.29, 0.717) is 6.54 Å². The van der Waals surface area contributed by atoms with Crippen LogP contribution in [0.25, 0.3) is 5.69 Å². The maximum Gasteiger partial charge on any atom is 0.318 e. The molecule has 0 unspecified atom stereocenters. The summed E-state index contributed by atoms with van der Waals surface area (Å²) in [6.07, 6.45) is 0. The quantitative estimate of drug-likeness (QED) is 0.401. The third kappa shape index (κ3) is 4.48. The molecule has 3 aromatic rings. The van der Waals surface area contributed by atoms with Crippen molar-refractivity contribution in [2.24, 2.45) is 0 Å². The lowest BCUT2D eigenvalue weighted by atomic mass is 10.2. The molecule has 2 atom stereocenters. The van der Waals surface area contributed by atoms with Crippen LogP contribution in [0.1, 0.15) is 22.3 Å². The predicted molar refractivity (Wildman–Crippen MR) is 122 cm³/mol. The van der Waals surface area contributed by atoms with Crippen molar-refractivity contribution in [2.45, 2.75) is 34.3 Å². The zero-order valence-corrected chi connectivity index (χ0v) is 18.6. The summed E-state index contributed by atoms with van der Waals surface area (Å²) in [6, 6.07) is 16.8. The minimum absolute atomic E-state index is 0.0296. The lowest BCUT2D eigenvalue weighted by Crippen LogP contribution is -2.21. The molecule has 9 heteroatoms. The molecule has 1 fully saturated rings. The van der Waals surface area contributed by atoms with E-state index in [9.17, 15) is 20.0 Å². The number of non-ortho nitro benzene ring substituents is 1. The molecule has 2 aromatic carbocycles. The molecular weight excluding hydrogens is 434 g/mol. The third-order valence-electron chi connectivity index (χ3n) is 5.20. The summed E-state index contributed by atoms with van der Waals surface area (Å²) in [5, 5.41) is 22.9. The van der Waals surface area contributed by atoms with Crippen molar-refractivity contribution < 1.29 is 14.8 Å². The first kappa shape index (κ1) is 21.5. The Kier molecular flexibility index (Phi) is 6.08. The van der Waals surface area contributed by atoms with Crippen LogP contribution in [0, 0.1) is 24.0 Å². The molecular formula is C22H21N3O4S2. The SMILES string of the molecule is Cc1cc([C@@H]2NC[C@@H](C(=O)O)S2)c(C)n1-c1ccc(Sc2ccc([N+](=O)[O-])cc2)cc1. The highest BCUT2D eigenvalue weighted by molar-refractivity contribution is 8.01. The Labute approximate surface area is 188 Å². The molecule has 2 heterocycles. The normalized spacial score (nSPS) is 18.3. The van der Waals surface area contributed by atoms with Crippen LogP contribution in [0.2, 0.25) is 0 Å². The molecule has 4 rings (SSSR count). The summed E-state index contributed by atoms with van der Waals surface area (Å²) in [6.45, 7) is 4.56. The maximum atomic E-state index is 11.3. The number of hydrogen-bond donors (Lipinski definition) is 2. The number of carbonyl (C=O) groups is 1. The topological polar surface area (TPSA) is 97.4 Å². The van der Waals surface area contributed by atoms with Crippen molar-refractivity contribution in [3.05, 3.63) is 81.7 Å². The summed E-state index contributed by atoms with van der Waals surface area (Å²) >= 11 is 2.99. The zero-order valence-electron chi connectivity index (χ0n) is 16.9. The number of aryl methyl sites for hydroxylation is 1. The van der Waals surface area contributed by atoms with Crippen molar-refractivity contribution in [1.29, 1.82) is 0 Å². The monoisotopic (exact) mass is 455 g/mol. The van der Waals surface area contributed by atoms with Gasteiger partial charge in [0.2, 0.25) is 0 Å². The first-order valence-corrected chi connectivity index (χ1v) is 11.4. The Morgan fingerprint density at radius 3 is 2.32 bits per heavy atom. The van der Waals surface area contributed by atoms with Crippen LogP contribution in [-0.2, 0) is 4.79 Å². The Bertz CT molecular complexity index is 1130. The number of benzene rings is 2. The number of nitro benzene ring substituents is 1. The standard InChI is InChI=1S/C22H21N3O4S2/c1-13-11-19(21-23-12-20(31-21)22(26)27)14(2)24(13)15-3-7-17(8-4-15)30-18-9-5-16(6-10-18)25(28)29/h3-11,20-21,23H,12H2,1-2H3,(H,26,27)/t20-,21+/m0/s1. The molecule has 7 nitrogen and oxygen atoms in total. The van der Waals surface area contributed by atoms with E-state index in [1.54, 1.807) is 23.9 Å². The fourth-order valence-electron chi connectivity index (χ4n) is 3.69. The lowest BCUT2D eigenvalue weighted by Gasteiger charge is -2.13. The number of aliphatic carboxylic acids is 1. The van der Waals surface area contributed by atoms with E-state index >= 15 is 0 Å². The van der Waals surface area contributed by atoms with Crippen LogP contribution >= 0.6 is 23.5 Å². The number of carboxylic acid groups (broad SMARTS) is 1. The second kappa shape index (κ2) is 8.78. The van der Waals surface area contributed by atoms with Gasteiger partial charge >= 0.3 is 5.97 Å². The molecule has 160 valence electrons. The van der Waals surface area contributed by atoms with Gasteiger partial charge in [-0.15, -0.1) is 11.8 Å². The Hall–Kier alpha value is -2.75. The molecule has 0 bridgehead atoms. The van der Waals surface area contributed by atoms with Crippen molar-refractivity contribution in [3.63, 3.8) is 0 Å². The van der Waals surface area contributed by atoms with E-state index in [2.05, 4.69) is 22.9 Å². The van der Waals surface area contributed by atoms with Gasteiger partial charge in [0.1, 0.15) is 5.25 Å². The van der Waals surface area contributed by atoms with Crippen LogP contribution in [0.4, 0.5) is 5.69 Å². The van der Waals surface area contributed by atoms with Gasteiger partial charge in [0.05, 0.1) is 10.3 Å². The van der Waals surface area contributed by atoms with Crippen LogP contribution in [-0.4, -0.2) is 32.4 Å². The number of carboxylic acids is 1. The van der Waals surface area contributed by atoms with Gasteiger partial charge in [0.25, 0.3) is 5.69 Å². The summed E-state index contributed by atoms with van der Waals surface area (Å²) in [5.41, 5.74) is 4.40. The Morgan fingerprint density at radius 2 is 1.77 bits per heavy atom. The first-order chi connectivity index (χ1) is 14.8. The van der Waals surface area contributed by atoms with Gasteiger partial charge in [-0.05, 0) is 56.3 Å². The van der Waals surface area contributed by atoms with Gasteiger partial charge in [-0.2, -0.15) is 0 Å². The largest absolute Gasteiger partial charge is 0.480 e. The predicted octanol–water partition coefficient (Wildman–Crippen LogP) is 4.94. The molecule has 1 aliphatic rings. The molecule has 1 aromatic heterocycles. The van der Waals surface area contributed by atoms with Crippen LogP contribution in [0.15, 0.2) is 64.4 Å². The fourth-order valence-corrected chi connectivity index (χ4v) is 5.72. The van der Waals surface area contributed by atoms with Crippen LogP contribution in [0.3, 0.4) is 0 Å². The lowest BCUT2D eigenvalue weighted by molar-refractivity contribution is -0.384. The molecule has 0 radical (unpaired) electrons. The number of rotatable bonds is 6. The molecule has 1 saturated heterocycles. The van der Waals surface area contributed by atoms with Crippen LogP contribution < -0.4 is 5.32 Å². The van der Waals surface area contributed by atoms with E-state index in [1.165, 1.54) is 23.9 Å². The second-order valence-electron chi connectivity index (χ2n) is 7.26. The molecule has 0 spiro atoms. The average Bonchev–Trinajstić information content (AvgIpc) is 3.34. The molecule has 0 amide bonds. The fraction of sp³-hybridized carbons (Fsp3) is 0.227. The van der Waals surface area contributed by atoms with Crippen molar-refractivity contribution in [1.82, 2.24) is 9.88 Å². The molecule has 2 N–H and O–H groups in total. The summed E-state index contributed by atoms with van der Waals surface area (Å²) in [7, 11) is 0. The Morgan fingerprint density at radius 1 is 1.16 bits per heavy atom. The van der Waals surface area contributed by atoms with E-state index in [4.69, 9.17) is 0 Å². The van der Waals surface area contributed by atoms with Crippen molar-refractivity contribution in [3.8, 4) is 5.69 Å².